The number of fused-ring (bicyclic) bond motifs is 2. The van der Waals surface area contributed by atoms with Crippen molar-refractivity contribution in [3.63, 3.8) is 0 Å². The molecule has 238 valence electrons. The number of aromatic nitrogens is 2. The highest BCUT2D eigenvalue weighted by Crippen LogP contribution is 2.41. The molecule has 0 saturated heterocycles. The number of sulfonamides is 1. The topological polar surface area (TPSA) is 149 Å². The number of aliphatic carboxylic acids is 1. The van der Waals surface area contributed by atoms with Gasteiger partial charge in [-0.15, -0.1) is 17.9 Å². The Labute approximate surface area is 248 Å². The van der Waals surface area contributed by atoms with Crippen molar-refractivity contribution in [3.05, 3.63) is 23.9 Å². The number of carboxylic acid groups (broad SMARTS) is 1. The summed E-state index contributed by atoms with van der Waals surface area (Å²) < 4.78 is 84.9. The molecular formula is C27H35F3N4O8S. The van der Waals surface area contributed by atoms with Crippen molar-refractivity contribution >= 4 is 33.5 Å². The number of aryl methyl sites for hydroxylation is 1. The highest BCUT2D eigenvalue weighted by atomic mass is 32.2. The molecule has 1 aromatic carbocycles. The molecule has 2 N–H and O–H groups in total. The zero-order chi connectivity index (χ0) is 32.8. The Hall–Kier alpha value is -4.13. The van der Waals surface area contributed by atoms with Crippen LogP contribution in [0.25, 0.3) is 0 Å². The highest BCUT2D eigenvalue weighted by molar-refractivity contribution is 7.93. The van der Waals surface area contributed by atoms with Crippen LogP contribution in [0, 0.1) is 18.8 Å². The highest BCUT2D eigenvalue weighted by Gasteiger charge is 2.51. The van der Waals surface area contributed by atoms with Crippen LogP contribution < -0.4 is 19.1 Å². The molecule has 16 heteroatoms. The summed E-state index contributed by atoms with van der Waals surface area (Å²) in [6.07, 6.45) is 4.08. The Morgan fingerprint density at radius 1 is 1.16 bits per heavy atom. The van der Waals surface area contributed by atoms with Gasteiger partial charge < -0.3 is 19.3 Å². The van der Waals surface area contributed by atoms with Gasteiger partial charge in [0, 0.05) is 12.2 Å². The van der Waals surface area contributed by atoms with Gasteiger partial charge in [0.2, 0.25) is 5.60 Å². The van der Waals surface area contributed by atoms with Crippen LogP contribution in [0.5, 0.6) is 11.6 Å². The van der Waals surface area contributed by atoms with E-state index in [1.54, 1.807) is 18.5 Å². The molecule has 3 heterocycles. The molecule has 1 amide bonds. The molecule has 0 fully saturated rings. The van der Waals surface area contributed by atoms with E-state index in [2.05, 4.69) is 28.0 Å². The molecule has 0 bridgehead atoms. The number of carboxylic acids is 1. The van der Waals surface area contributed by atoms with Gasteiger partial charge in [-0.2, -0.15) is 13.2 Å². The number of carbonyl (C=O) groups excluding carboxylic acids is 1. The van der Waals surface area contributed by atoms with Crippen molar-refractivity contribution in [2.24, 2.45) is 5.92 Å². The van der Waals surface area contributed by atoms with Crippen molar-refractivity contribution in [2.45, 2.75) is 70.2 Å². The van der Waals surface area contributed by atoms with E-state index in [9.17, 15) is 31.2 Å². The van der Waals surface area contributed by atoms with Gasteiger partial charge >= 0.3 is 18.2 Å². The lowest BCUT2D eigenvalue weighted by Crippen LogP contribution is -2.44. The van der Waals surface area contributed by atoms with Gasteiger partial charge in [0.05, 0.1) is 31.0 Å². The molecule has 12 nitrogen and oxygen atoms in total. The second-order valence-electron chi connectivity index (χ2n) is 10.1. The van der Waals surface area contributed by atoms with Gasteiger partial charge in [-0.25, -0.2) is 13.2 Å². The number of benzene rings is 1. The van der Waals surface area contributed by atoms with Gasteiger partial charge in [-0.1, -0.05) is 13.8 Å². The molecule has 2 aromatic rings. The SMILES string of the molecule is C#C.CC(C)C(=O)O.COc1nn2c(c1S(=O)(=O)N1CCOc3ccc(NC(=O)OC(C)(C)C(F)(F)F)cc31)CCCC2. The number of hydrogen-bond acceptors (Lipinski definition) is 8. The van der Waals surface area contributed by atoms with Gasteiger partial charge in [-0.3, -0.25) is 19.1 Å². The summed E-state index contributed by atoms with van der Waals surface area (Å²) in [5.74, 6) is -0.753. The molecule has 1 aromatic heterocycles. The van der Waals surface area contributed by atoms with Gasteiger partial charge in [0.25, 0.3) is 15.9 Å². The van der Waals surface area contributed by atoms with E-state index in [1.165, 1.54) is 25.3 Å². The van der Waals surface area contributed by atoms with Crippen molar-refractivity contribution in [1.82, 2.24) is 9.78 Å². The number of nitrogens with one attached hydrogen (secondary N) is 1. The van der Waals surface area contributed by atoms with E-state index < -0.39 is 33.9 Å². The van der Waals surface area contributed by atoms with Gasteiger partial charge in [0.15, 0.2) is 4.90 Å². The quantitative estimate of drug-likeness (QED) is 0.433. The maximum absolute atomic E-state index is 13.8. The standard InChI is InChI=1S/C21H25F3N4O6S.C4H8O2.C2H2/c1-20(2,21(22,23)24)34-19(29)25-13-7-8-16-15(12-13)28(10-11-33-16)35(30,31)17-14-6-4-5-9-27(14)26-18(17)32-3;1-3(2)4(5)6;1-2/h7-8,12H,4-6,9-11H2,1-3H3,(H,25,29);3H,1-2H3,(H,5,6);1-2H. The number of methoxy groups -OCH3 is 1. The lowest BCUT2D eigenvalue weighted by Gasteiger charge is -2.31. The first-order valence-corrected chi connectivity index (χ1v) is 14.5. The number of carbonyl (C=O) groups is 2. The number of alkyl halides is 3. The van der Waals surface area contributed by atoms with Crippen LogP contribution in [-0.2, 0) is 32.5 Å². The normalized spacial score (nSPS) is 14.4. The minimum Gasteiger partial charge on any atom is -0.489 e. The summed E-state index contributed by atoms with van der Waals surface area (Å²) in [7, 11) is -2.81. The molecule has 0 unspecified atom stereocenters. The summed E-state index contributed by atoms with van der Waals surface area (Å²) in [5.41, 5.74) is -2.03. The van der Waals surface area contributed by atoms with E-state index in [0.29, 0.717) is 18.7 Å². The molecule has 0 saturated carbocycles. The first-order valence-electron chi connectivity index (χ1n) is 13.1. The Balaban J connectivity index is 0.000000720. The summed E-state index contributed by atoms with van der Waals surface area (Å²) in [6.45, 7) is 5.35. The van der Waals surface area contributed by atoms with E-state index in [-0.39, 0.29) is 47.0 Å². The van der Waals surface area contributed by atoms with Crippen molar-refractivity contribution in [2.75, 3.05) is 29.9 Å². The first-order chi connectivity index (χ1) is 20.0. The molecule has 4 rings (SSSR count). The molecule has 2 aliphatic heterocycles. The van der Waals surface area contributed by atoms with E-state index >= 15 is 0 Å². The lowest BCUT2D eigenvalue weighted by molar-refractivity contribution is -0.242. The van der Waals surface area contributed by atoms with E-state index in [0.717, 1.165) is 31.0 Å². The number of amides is 1. The lowest BCUT2D eigenvalue weighted by atomic mass is 10.1. The number of hydrogen-bond donors (Lipinski definition) is 2. The molecule has 0 radical (unpaired) electrons. The summed E-state index contributed by atoms with van der Waals surface area (Å²) >= 11 is 0. The van der Waals surface area contributed by atoms with E-state index in [1.807, 2.05) is 0 Å². The monoisotopic (exact) mass is 632 g/mol. The average molecular weight is 633 g/mol. The zero-order valence-corrected chi connectivity index (χ0v) is 25.2. The van der Waals surface area contributed by atoms with Crippen molar-refractivity contribution < 1.29 is 50.5 Å². The largest absolute Gasteiger partial charge is 0.489 e. The third-order valence-corrected chi connectivity index (χ3v) is 8.19. The summed E-state index contributed by atoms with van der Waals surface area (Å²) in [6, 6.07) is 4.10. The zero-order valence-electron chi connectivity index (χ0n) is 24.4. The Kier molecular flexibility index (Phi) is 11.3. The fourth-order valence-corrected chi connectivity index (χ4v) is 5.68. The Bertz CT molecular complexity index is 1440. The number of ether oxygens (including phenoxy) is 3. The summed E-state index contributed by atoms with van der Waals surface area (Å²) in [4.78, 5) is 21.8. The van der Waals surface area contributed by atoms with Crippen molar-refractivity contribution in [3.8, 4) is 24.5 Å². The molecule has 2 aliphatic rings. The first kappa shape index (κ1) is 35.1. The van der Waals surface area contributed by atoms with Crippen LogP contribution in [0.2, 0.25) is 0 Å². The maximum atomic E-state index is 13.8. The number of halogens is 3. The number of anilines is 2. The maximum Gasteiger partial charge on any atom is 0.427 e. The number of nitrogens with zero attached hydrogens (tertiary/aromatic N) is 3. The third kappa shape index (κ3) is 8.04. The molecule has 0 atom stereocenters. The molecule has 0 spiro atoms. The minimum absolute atomic E-state index is 0.0119. The van der Waals surface area contributed by atoms with Crippen LogP contribution >= 0.6 is 0 Å². The smallest absolute Gasteiger partial charge is 0.427 e. The van der Waals surface area contributed by atoms with Crippen LogP contribution in [-0.4, -0.2) is 67.4 Å². The fraction of sp³-hybridized carbons (Fsp3) is 0.519. The Morgan fingerprint density at radius 2 is 1.79 bits per heavy atom. The van der Waals surface area contributed by atoms with Crippen LogP contribution in [0.15, 0.2) is 23.1 Å². The minimum atomic E-state index is -4.78. The van der Waals surface area contributed by atoms with Crippen LogP contribution in [0.3, 0.4) is 0 Å². The van der Waals surface area contributed by atoms with Gasteiger partial charge in [0.1, 0.15) is 12.4 Å². The third-order valence-electron chi connectivity index (χ3n) is 6.30. The second kappa shape index (κ2) is 13.9. The number of terminal acetylenes is 1. The Morgan fingerprint density at radius 3 is 2.35 bits per heavy atom. The number of rotatable bonds is 6. The fourth-order valence-electron chi connectivity index (χ4n) is 3.89. The summed E-state index contributed by atoms with van der Waals surface area (Å²) in [5, 5.41) is 14.5. The predicted molar refractivity (Wildman–Crippen MR) is 151 cm³/mol. The molecule has 0 aliphatic carbocycles. The predicted octanol–water partition coefficient (Wildman–Crippen LogP) is 4.68. The molecular weight excluding hydrogens is 597 g/mol. The van der Waals surface area contributed by atoms with Crippen LogP contribution in [0.1, 0.15) is 46.2 Å². The van der Waals surface area contributed by atoms with Gasteiger partial charge in [-0.05, 0) is 51.3 Å². The second-order valence-corrected chi connectivity index (χ2v) is 11.9. The van der Waals surface area contributed by atoms with E-state index in [4.69, 9.17) is 14.6 Å². The molecule has 43 heavy (non-hydrogen) atoms. The van der Waals surface area contributed by atoms with Crippen molar-refractivity contribution in [1.29, 1.82) is 0 Å². The average Bonchev–Trinajstić information content (AvgIpc) is 3.33. The van der Waals surface area contributed by atoms with Crippen LogP contribution in [0.4, 0.5) is 29.3 Å².